The third-order valence-electron chi connectivity index (χ3n) is 4.18. The monoisotopic (exact) mass is 352 g/mol. The lowest BCUT2D eigenvalue weighted by Gasteiger charge is -2.08. The summed E-state index contributed by atoms with van der Waals surface area (Å²) in [6, 6.07) is 7.30. The van der Waals surface area contributed by atoms with Gasteiger partial charge in [-0.3, -0.25) is 9.36 Å². The molecular weight excluding hydrogens is 339 g/mol. The highest BCUT2D eigenvalue weighted by Gasteiger charge is 2.21. The van der Waals surface area contributed by atoms with Crippen molar-refractivity contribution in [2.75, 3.05) is 7.11 Å². The Balaban J connectivity index is 2.00. The number of hydrogen-bond donors (Lipinski definition) is 0. The van der Waals surface area contributed by atoms with Gasteiger partial charge in [0.15, 0.2) is 5.65 Å². The van der Waals surface area contributed by atoms with Gasteiger partial charge in [0.25, 0.3) is 5.56 Å². The van der Waals surface area contributed by atoms with Gasteiger partial charge in [-0.1, -0.05) is 0 Å². The Hall–Kier alpha value is -3.55. The topological polar surface area (TPSA) is 78.5 Å². The van der Waals surface area contributed by atoms with Crippen LogP contribution in [0.3, 0.4) is 0 Å². The van der Waals surface area contributed by atoms with Crippen molar-refractivity contribution in [2.24, 2.45) is 0 Å². The zero-order chi connectivity index (χ0) is 18.4. The highest BCUT2D eigenvalue weighted by Crippen LogP contribution is 2.19. The minimum atomic E-state index is -0.538. The number of methoxy groups -OCH3 is 1. The molecule has 8 heteroatoms. The minimum Gasteiger partial charge on any atom is -0.465 e. The summed E-state index contributed by atoms with van der Waals surface area (Å²) in [6.07, 6.45) is 2.98. The van der Waals surface area contributed by atoms with E-state index in [1.165, 1.54) is 46.7 Å². The van der Waals surface area contributed by atoms with Crippen molar-refractivity contribution < 1.29 is 13.9 Å². The van der Waals surface area contributed by atoms with E-state index in [-0.39, 0.29) is 16.9 Å². The molecule has 7 nitrogen and oxygen atoms in total. The Kier molecular flexibility index (Phi) is 3.54. The highest BCUT2D eigenvalue weighted by atomic mass is 19.1. The average Bonchev–Trinajstić information content (AvgIpc) is 2.98. The molecule has 0 radical (unpaired) electrons. The van der Waals surface area contributed by atoms with Crippen LogP contribution in [0.2, 0.25) is 0 Å². The van der Waals surface area contributed by atoms with Gasteiger partial charge in [-0.15, -0.1) is 0 Å². The van der Waals surface area contributed by atoms with E-state index in [9.17, 15) is 14.0 Å². The van der Waals surface area contributed by atoms with E-state index >= 15 is 0 Å². The molecule has 1 aromatic carbocycles. The number of aryl methyl sites for hydroxylation is 1. The molecule has 0 amide bonds. The average molecular weight is 352 g/mol. The zero-order valence-corrected chi connectivity index (χ0v) is 13.9. The van der Waals surface area contributed by atoms with E-state index in [1.807, 2.05) is 0 Å². The Bertz CT molecular complexity index is 1230. The van der Waals surface area contributed by atoms with Gasteiger partial charge in [-0.25, -0.2) is 18.7 Å². The summed E-state index contributed by atoms with van der Waals surface area (Å²) in [7, 11) is 1.29. The van der Waals surface area contributed by atoms with Crippen molar-refractivity contribution in [3.8, 4) is 5.69 Å². The number of carbonyl (C=O) groups excluding carboxylic acids is 1. The summed E-state index contributed by atoms with van der Waals surface area (Å²) in [5, 5.41) is 4.64. The quantitative estimate of drug-likeness (QED) is 0.517. The molecule has 0 saturated heterocycles. The maximum Gasteiger partial charge on any atom is 0.343 e. The molecule has 26 heavy (non-hydrogen) atoms. The number of rotatable bonds is 2. The fraction of sp³-hybridized carbons (Fsp3) is 0.111. The first-order valence-corrected chi connectivity index (χ1v) is 7.75. The van der Waals surface area contributed by atoms with Crippen LogP contribution < -0.4 is 5.56 Å². The van der Waals surface area contributed by atoms with E-state index in [0.29, 0.717) is 27.9 Å². The third kappa shape index (κ3) is 2.26. The van der Waals surface area contributed by atoms with Crippen LogP contribution >= 0.6 is 0 Å². The molecule has 4 aromatic rings. The molecule has 4 rings (SSSR count). The van der Waals surface area contributed by atoms with Crippen LogP contribution in [0.1, 0.15) is 16.1 Å². The van der Waals surface area contributed by atoms with Crippen LogP contribution in [0.5, 0.6) is 0 Å². The number of pyridine rings is 1. The maximum absolute atomic E-state index is 13.1. The molecule has 0 aliphatic carbocycles. The van der Waals surface area contributed by atoms with Gasteiger partial charge in [0.05, 0.1) is 23.7 Å². The summed E-state index contributed by atoms with van der Waals surface area (Å²) in [6.45, 7) is 1.67. The van der Waals surface area contributed by atoms with E-state index in [0.717, 1.165) is 0 Å². The molecule has 0 atom stereocenters. The van der Waals surface area contributed by atoms with Crippen molar-refractivity contribution in [2.45, 2.75) is 6.92 Å². The molecule has 0 spiro atoms. The summed E-state index contributed by atoms with van der Waals surface area (Å²) >= 11 is 0. The lowest BCUT2D eigenvalue weighted by atomic mass is 10.2. The Morgan fingerprint density at radius 1 is 1.19 bits per heavy atom. The number of aromatic nitrogens is 4. The summed E-state index contributed by atoms with van der Waals surface area (Å²) in [4.78, 5) is 29.0. The molecule has 0 unspecified atom stereocenters. The maximum atomic E-state index is 13.1. The molecule has 0 aliphatic heterocycles. The lowest BCUT2D eigenvalue weighted by Crippen LogP contribution is -2.19. The normalized spacial score (nSPS) is 11.2. The molecule has 3 aromatic heterocycles. The molecule has 0 bridgehead atoms. The predicted octanol–water partition coefficient (Wildman–Crippen LogP) is 2.27. The number of esters is 1. The number of halogens is 1. The van der Waals surface area contributed by atoms with Crippen LogP contribution in [0.25, 0.3) is 22.2 Å². The van der Waals surface area contributed by atoms with Crippen LogP contribution in [0, 0.1) is 12.7 Å². The lowest BCUT2D eigenvalue weighted by molar-refractivity contribution is 0.0602. The summed E-state index contributed by atoms with van der Waals surface area (Å²) in [5.74, 6) is -0.919. The van der Waals surface area contributed by atoms with E-state index in [1.54, 1.807) is 19.2 Å². The predicted molar refractivity (Wildman–Crippen MR) is 92.1 cm³/mol. The van der Waals surface area contributed by atoms with Gasteiger partial charge >= 0.3 is 5.97 Å². The number of hydrogen-bond acceptors (Lipinski definition) is 5. The minimum absolute atomic E-state index is 0.261. The molecule has 130 valence electrons. The van der Waals surface area contributed by atoms with Gasteiger partial charge in [0.2, 0.25) is 0 Å². The smallest absolute Gasteiger partial charge is 0.343 e. The highest BCUT2D eigenvalue weighted by molar-refractivity contribution is 5.98. The van der Waals surface area contributed by atoms with Crippen LogP contribution in [-0.2, 0) is 4.74 Å². The Morgan fingerprint density at radius 3 is 2.62 bits per heavy atom. The van der Waals surface area contributed by atoms with Crippen LogP contribution in [0.15, 0.2) is 47.5 Å². The van der Waals surface area contributed by atoms with Gasteiger partial charge < -0.3 is 4.74 Å². The van der Waals surface area contributed by atoms with Crippen molar-refractivity contribution >= 4 is 22.5 Å². The summed E-state index contributed by atoms with van der Waals surface area (Å²) < 4.78 is 20.7. The Morgan fingerprint density at radius 2 is 1.92 bits per heavy atom. The number of fused-ring (bicyclic) bond motifs is 3. The van der Waals surface area contributed by atoms with Crippen LogP contribution in [-0.4, -0.2) is 32.2 Å². The number of carbonyl (C=O) groups is 1. The number of nitrogens with zero attached hydrogens (tertiary/aromatic N) is 4. The second kappa shape index (κ2) is 5.76. The largest absolute Gasteiger partial charge is 0.465 e. The van der Waals surface area contributed by atoms with Crippen molar-refractivity contribution in [1.82, 2.24) is 19.2 Å². The first kappa shape index (κ1) is 15.9. The second-order valence-corrected chi connectivity index (χ2v) is 5.71. The fourth-order valence-corrected chi connectivity index (χ4v) is 2.92. The SMILES string of the molecule is COC(=O)c1c(C)nn2c1ncc1c(=O)n(-c3ccc(F)cc3)ccc12. The van der Waals surface area contributed by atoms with E-state index in [2.05, 4.69) is 10.1 Å². The van der Waals surface area contributed by atoms with Crippen molar-refractivity contribution in [3.63, 3.8) is 0 Å². The van der Waals surface area contributed by atoms with Gasteiger partial charge in [0.1, 0.15) is 11.4 Å². The third-order valence-corrected chi connectivity index (χ3v) is 4.18. The molecule has 0 aliphatic rings. The first-order valence-electron chi connectivity index (χ1n) is 7.75. The second-order valence-electron chi connectivity index (χ2n) is 5.71. The molecule has 3 heterocycles. The van der Waals surface area contributed by atoms with Gasteiger partial charge in [-0.2, -0.15) is 5.10 Å². The van der Waals surface area contributed by atoms with Gasteiger partial charge in [-0.05, 0) is 37.3 Å². The molecule has 0 N–H and O–H groups in total. The molecule has 0 saturated carbocycles. The van der Waals surface area contributed by atoms with Crippen molar-refractivity contribution in [3.05, 3.63) is 70.2 Å². The number of ether oxygens (including phenoxy) is 1. The Labute approximate surface area is 146 Å². The van der Waals surface area contributed by atoms with E-state index < -0.39 is 5.97 Å². The number of benzene rings is 1. The molecule has 0 fully saturated rings. The first-order chi connectivity index (χ1) is 12.5. The molecular formula is C18H13FN4O3. The van der Waals surface area contributed by atoms with E-state index in [4.69, 9.17) is 4.74 Å². The standard InChI is InChI=1S/C18H13FN4O3/c1-10-15(18(25)26-2)16-20-9-13-14(23(16)21-10)7-8-22(17(13)24)12-5-3-11(19)4-6-12/h3-9H,1-2H3. The van der Waals surface area contributed by atoms with Crippen molar-refractivity contribution in [1.29, 1.82) is 0 Å². The van der Waals surface area contributed by atoms with Crippen LogP contribution in [0.4, 0.5) is 4.39 Å². The van der Waals surface area contributed by atoms with Gasteiger partial charge in [0, 0.05) is 18.1 Å². The fourth-order valence-electron chi connectivity index (χ4n) is 2.92. The summed E-state index contributed by atoms with van der Waals surface area (Å²) in [5.41, 5.74) is 1.76. The zero-order valence-electron chi connectivity index (χ0n) is 13.9.